The van der Waals surface area contributed by atoms with Crippen molar-refractivity contribution in [3.63, 3.8) is 0 Å². The topological polar surface area (TPSA) is 87.3 Å². The van der Waals surface area contributed by atoms with E-state index in [0.29, 0.717) is 30.2 Å². The van der Waals surface area contributed by atoms with Gasteiger partial charge in [0.05, 0.1) is 18.8 Å². The standard InChI is InChI=1S/C13H17N3O3/c1-8-5-6-11(18-8)13-15-12(16-19-13)10(14)7-17-9-3-2-4-9/h5-6,9-10H,2-4,7,14H2,1H3. The molecular weight excluding hydrogens is 246 g/mol. The smallest absolute Gasteiger partial charge is 0.293 e. The fraction of sp³-hybridized carbons (Fsp3) is 0.538. The molecule has 2 aromatic rings. The average molecular weight is 263 g/mol. The van der Waals surface area contributed by atoms with Crippen molar-refractivity contribution in [2.24, 2.45) is 5.73 Å². The molecule has 0 amide bonds. The molecular formula is C13H17N3O3. The van der Waals surface area contributed by atoms with Gasteiger partial charge in [0, 0.05) is 0 Å². The number of nitrogens with two attached hydrogens (primary N) is 1. The number of hydrogen-bond donors (Lipinski definition) is 1. The van der Waals surface area contributed by atoms with Crippen molar-refractivity contribution < 1.29 is 13.7 Å². The molecule has 0 bridgehead atoms. The molecule has 3 rings (SSSR count). The van der Waals surface area contributed by atoms with Crippen molar-refractivity contribution in [2.75, 3.05) is 6.61 Å². The third-order valence-corrected chi connectivity index (χ3v) is 3.29. The Kier molecular flexibility index (Phi) is 3.35. The molecule has 0 aliphatic heterocycles. The van der Waals surface area contributed by atoms with E-state index in [1.54, 1.807) is 6.07 Å². The summed E-state index contributed by atoms with van der Waals surface area (Å²) in [6.45, 7) is 2.28. The van der Waals surface area contributed by atoms with Crippen LogP contribution in [-0.2, 0) is 4.74 Å². The number of rotatable bonds is 5. The van der Waals surface area contributed by atoms with E-state index in [0.717, 1.165) is 18.6 Å². The molecule has 1 saturated carbocycles. The lowest BCUT2D eigenvalue weighted by molar-refractivity contribution is -0.00549. The minimum Gasteiger partial charge on any atom is -0.456 e. The normalized spacial score (nSPS) is 17.4. The number of aryl methyl sites for hydroxylation is 1. The molecule has 1 aliphatic rings. The van der Waals surface area contributed by atoms with Crippen LogP contribution in [0.2, 0.25) is 0 Å². The summed E-state index contributed by atoms with van der Waals surface area (Å²) in [6.07, 6.45) is 3.83. The molecule has 2 aromatic heterocycles. The molecule has 0 radical (unpaired) electrons. The molecule has 6 heteroatoms. The van der Waals surface area contributed by atoms with E-state index in [1.165, 1.54) is 6.42 Å². The summed E-state index contributed by atoms with van der Waals surface area (Å²) in [4.78, 5) is 4.24. The second kappa shape index (κ2) is 5.14. The van der Waals surface area contributed by atoms with Gasteiger partial charge in [-0.3, -0.25) is 0 Å². The van der Waals surface area contributed by atoms with Crippen molar-refractivity contribution in [3.05, 3.63) is 23.7 Å². The van der Waals surface area contributed by atoms with Gasteiger partial charge < -0.3 is 19.4 Å². The van der Waals surface area contributed by atoms with Gasteiger partial charge in [-0.15, -0.1) is 0 Å². The second-order valence-corrected chi connectivity index (χ2v) is 4.86. The highest BCUT2D eigenvalue weighted by Crippen LogP contribution is 2.24. The van der Waals surface area contributed by atoms with Crippen LogP contribution in [0.4, 0.5) is 0 Å². The molecule has 2 N–H and O–H groups in total. The maximum absolute atomic E-state index is 5.98. The minimum atomic E-state index is -0.367. The first kappa shape index (κ1) is 12.4. The Balaban J connectivity index is 1.63. The van der Waals surface area contributed by atoms with E-state index in [1.807, 2.05) is 13.0 Å². The molecule has 19 heavy (non-hydrogen) atoms. The van der Waals surface area contributed by atoms with Gasteiger partial charge in [0.25, 0.3) is 5.89 Å². The lowest BCUT2D eigenvalue weighted by Gasteiger charge is -2.26. The SMILES string of the molecule is Cc1ccc(-c2nc(C(N)COC3CCC3)no2)o1. The third kappa shape index (κ3) is 2.69. The van der Waals surface area contributed by atoms with Crippen LogP contribution in [0.15, 0.2) is 21.1 Å². The molecule has 6 nitrogen and oxygen atoms in total. The van der Waals surface area contributed by atoms with Crippen LogP contribution < -0.4 is 5.73 Å². The number of ether oxygens (including phenoxy) is 1. The van der Waals surface area contributed by atoms with Crippen molar-refractivity contribution in [1.29, 1.82) is 0 Å². The van der Waals surface area contributed by atoms with Gasteiger partial charge in [-0.1, -0.05) is 5.16 Å². The molecule has 1 atom stereocenters. The lowest BCUT2D eigenvalue weighted by Crippen LogP contribution is -2.27. The van der Waals surface area contributed by atoms with Crippen molar-refractivity contribution in [2.45, 2.75) is 38.3 Å². The Morgan fingerprint density at radius 3 is 2.95 bits per heavy atom. The number of nitrogens with zero attached hydrogens (tertiary/aromatic N) is 2. The Labute approximate surface area is 110 Å². The summed E-state index contributed by atoms with van der Waals surface area (Å²) in [6, 6.07) is 3.27. The largest absolute Gasteiger partial charge is 0.456 e. The fourth-order valence-electron chi connectivity index (χ4n) is 1.89. The van der Waals surface area contributed by atoms with E-state index >= 15 is 0 Å². The zero-order chi connectivity index (χ0) is 13.2. The van der Waals surface area contributed by atoms with E-state index in [9.17, 15) is 0 Å². The van der Waals surface area contributed by atoms with E-state index in [-0.39, 0.29) is 6.04 Å². The summed E-state index contributed by atoms with van der Waals surface area (Å²) in [5.41, 5.74) is 5.98. The average Bonchev–Trinajstić information content (AvgIpc) is 2.94. The van der Waals surface area contributed by atoms with Crippen LogP contribution in [-0.4, -0.2) is 22.9 Å². The van der Waals surface area contributed by atoms with Gasteiger partial charge >= 0.3 is 0 Å². The minimum absolute atomic E-state index is 0.349. The van der Waals surface area contributed by atoms with Gasteiger partial charge in [0.1, 0.15) is 5.76 Å². The van der Waals surface area contributed by atoms with E-state index in [4.69, 9.17) is 19.4 Å². The van der Waals surface area contributed by atoms with Crippen LogP contribution in [0.5, 0.6) is 0 Å². The van der Waals surface area contributed by atoms with Gasteiger partial charge in [-0.25, -0.2) is 0 Å². The number of hydrogen-bond acceptors (Lipinski definition) is 6. The highest BCUT2D eigenvalue weighted by Gasteiger charge is 2.22. The van der Waals surface area contributed by atoms with Crippen LogP contribution in [0.3, 0.4) is 0 Å². The molecule has 0 spiro atoms. The zero-order valence-electron chi connectivity index (χ0n) is 10.8. The first-order valence-electron chi connectivity index (χ1n) is 6.50. The van der Waals surface area contributed by atoms with Crippen LogP contribution in [0.1, 0.15) is 36.9 Å². The third-order valence-electron chi connectivity index (χ3n) is 3.29. The van der Waals surface area contributed by atoms with Crippen molar-refractivity contribution in [3.8, 4) is 11.7 Å². The second-order valence-electron chi connectivity index (χ2n) is 4.86. The first-order chi connectivity index (χ1) is 9.22. The predicted octanol–water partition coefficient (Wildman–Crippen LogP) is 2.21. The predicted molar refractivity (Wildman–Crippen MR) is 67.3 cm³/mol. The maximum Gasteiger partial charge on any atom is 0.293 e. The van der Waals surface area contributed by atoms with Crippen molar-refractivity contribution in [1.82, 2.24) is 10.1 Å². The Hall–Kier alpha value is -1.66. The molecule has 0 saturated heterocycles. The van der Waals surface area contributed by atoms with Gasteiger partial charge in [-0.2, -0.15) is 4.98 Å². The summed E-state index contributed by atoms with van der Waals surface area (Å²) in [5.74, 6) is 2.15. The number of aromatic nitrogens is 2. The van der Waals surface area contributed by atoms with Crippen molar-refractivity contribution >= 4 is 0 Å². The highest BCUT2D eigenvalue weighted by atomic mass is 16.5. The Morgan fingerprint density at radius 2 is 2.32 bits per heavy atom. The van der Waals surface area contributed by atoms with Crippen LogP contribution >= 0.6 is 0 Å². The van der Waals surface area contributed by atoms with Crippen LogP contribution in [0.25, 0.3) is 11.7 Å². The fourth-order valence-corrected chi connectivity index (χ4v) is 1.89. The summed E-state index contributed by atoms with van der Waals surface area (Å²) in [7, 11) is 0. The number of furan rings is 1. The Bertz CT molecular complexity index is 545. The van der Waals surface area contributed by atoms with Gasteiger partial charge in [0.15, 0.2) is 11.6 Å². The van der Waals surface area contributed by atoms with E-state index in [2.05, 4.69) is 10.1 Å². The quantitative estimate of drug-likeness (QED) is 0.889. The molecule has 1 unspecified atom stereocenters. The highest BCUT2D eigenvalue weighted by molar-refractivity contribution is 5.44. The zero-order valence-corrected chi connectivity index (χ0v) is 10.8. The van der Waals surface area contributed by atoms with Gasteiger partial charge in [0.2, 0.25) is 0 Å². The molecule has 0 aromatic carbocycles. The molecule has 2 heterocycles. The maximum atomic E-state index is 5.98. The van der Waals surface area contributed by atoms with E-state index < -0.39 is 0 Å². The molecule has 1 fully saturated rings. The lowest BCUT2D eigenvalue weighted by atomic mass is 9.96. The summed E-state index contributed by atoms with van der Waals surface area (Å²) >= 11 is 0. The molecule has 1 aliphatic carbocycles. The van der Waals surface area contributed by atoms with Crippen LogP contribution in [0, 0.1) is 6.92 Å². The first-order valence-corrected chi connectivity index (χ1v) is 6.50. The van der Waals surface area contributed by atoms with Gasteiger partial charge in [-0.05, 0) is 38.3 Å². The summed E-state index contributed by atoms with van der Waals surface area (Å²) in [5, 5.41) is 3.87. The summed E-state index contributed by atoms with van der Waals surface area (Å²) < 4.78 is 16.2. The monoisotopic (exact) mass is 263 g/mol. The molecule has 102 valence electrons. The Morgan fingerprint density at radius 1 is 1.47 bits per heavy atom.